The summed E-state index contributed by atoms with van der Waals surface area (Å²) in [6.45, 7) is 5.05. The van der Waals surface area contributed by atoms with Crippen LogP contribution in [0.15, 0.2) is 52.7 Å². The van der Waals surface area contributed by atoms with Gasteiger partial charge in [0.1, 0.15) is 17.4 Å². The van der Waals surface area contributed by atoms with Crippen LogP contribution in [0.3, 0.4) is 0 Å². The van der Waals surface area contributed by atoms with Crippen molar-refractivity contribution >= 4 is 21.4 Å². The van der Waals surface area contributed by atoms with E-state index >= 15 is 0 Å². The normalized spacial score (nSPS) is 11.6. The minimum Gasteiger partial charge on any atom is -0.491 e. The topological polar surface area (TPSA) is 77.5 Å². The number of sulfonamides is 1. The number of nitrogens with one attached hydrogen (secondary N) is 1. The Hall–Kier alpha value is -2.26. The summed E-state index contributed by atoms with van der Waals surface area (Å²) in [6, 6.07) is 13.0. The Morgan fingerprint density at radius 2 is 1.83 bits per heavy atom. The third-order valence-corrected chi connectivity index (χ3v) is 6.92. The number of hydrogen-bond donors (Lipinski definition) is 1. The number of ether oxygens (including phenoxy) is 2. The van der Waals surface area contributed by atoms with Gasteiger partial charge in [0.15, 0.2) is 0 Å². The largest absolute Gasteiger partial charge is 0.491 e. The third-order valence-electron chi connectivity index (χ3n) is 4.53. The summed E-state index contributed by atoms with van der Waals surface area (Å²) in [6.07, 6.45) is 0.527. The average molecular weight is 447 g/mol. The Kier molecular flexibility index (Phi) is 7.60. The molecule has 0 saturated heterocycles. The number of rotatable bonds is 10. The van der Waals surface area contributed by atoms with Gasteiger partial charge in [-0.05, 0) is 37.6 Å². The molecule has 160 valence electrons. The Balaban J connectivity index is 1.57. The number of nitrogens with zero attached hydrogens (tertiary/aromatic N) is 1. The second-order valence-electron chi connectivity index (χ2n) is 6.93. The first-order chi connectivity index (χ1) is 14.4. The lowest BCUT2D eigenvalue weighted by Crippen LogP contribution is -2.26. The number of thiazole rings is 1. The van der Waals surface area contributed by atoms with Crippen LogP contribution in [0.1, 0.15) is 16.8 Å². The highest BCUT2D eigenvalue weighted by molar-refractivity contribution is 7.89. The molecular formula is C22H26N2O4S2. The summed E-state index contributed by atoms with van der Waals surface area (Å²) in [7, 11) is -2.00. The van der Waals surface area contributed by atoms with Crippen LogP contribution in [0, 0.1) is 13.8 Å². The molecule has 0 aliphatic heterocycles. The Labute approximate surface area is 181 Å². The highest BCUT2D eigenvalue weighted by atomic mass is 32.2. The predicted octanol–water partition coefficient (Wildman–Crippen LogP) is 3.97. The molecule has 0 bridgehead atoms. The van der Waals surface area contributed by atoms with E-state index < -0.39 is 10.0 Å². The Bertz CT molecular complexity index is 1080. The molecule has 0 radical (unpaired) electrons. The second kappa shape index (κ2) is 10.2. The van der Waals surface area contributed by atoms with Gasteiger partial charge >= 0.3 is 0 Å². The SMILES string of the molecule is COCCOc1ccc(S(=O)(=O)NCCc2csc(-c3ccc(C)cc3)n2)cc1C. The van der Waals surface area contributed by atoms with E-state index in [4.69, 9.17) is 9.47 Å². The standard InChI is InChI=1S/C22H26N2O4S2/c1-16-4-6-18(7-5-16)22-24-19(15-29-22)10-11-23-30(25,26)20-8-9-21(17(2)14-20)28-13-12-27-3/h4-9,14-15,23H,10-13H2,1-3H3. The molecule has 0 saturated carbocycles. The highest BCUT2D eigenvalue weighted by Gasteiger charge is 2.15. The fourth-order valence-electron chi connectivity index (χ4n) is 2.83. The van der Waals surface area contributed by atoms with Crippen LogP contribution in [0.2, 0.25) is 0 Å². The van der Waals surface area contributed by atoms with Crippen molar-refractivity contribution in [1.29, 1.82) is 0 Å². The molecule has 0 atom stereocenters. The van der Waals surface area contributed by atoms with Crippen LogP contribution in [-0.2, 0) is 21.2 Å². The molecule has 3 aromatic rings. The molecule has 2 aromatic carbocycles. The summed E-state index contributed by atoms with van der Waals surface area (Å²) >= 11 is 1.56. The van der Waals surface area contributed by atoms with Crippen molar-refractivity contribution < 1.29 is 17.9 Å². The van der Waals surface area contributed by atoms with Crippen molar-refractivity contribution in [3.63, 3.8) is 0 Å². The zero-order valence-corrected chi connectivity index (χ0v) is 19.0. The van der Waals surface area contributed by atoms with E-state index in [1.54, 1.807) is 36.6 Å². The smallest absolute Gasteiger partial charge is 0.240 e. The molecule has 3 rings (SSSR count). The van der Waals surface area contributed by atoms with Gasteiger partial charge in [-0.3, -0.25) is 0 Å². The maximum Gasteiger partial charge on any atom is 0.240 e. The van der Waals surface area contributed by atoms with Crippen molar-refractivity contribution in [3.8, 4) is 16.3 Å². The number of aromatic nitrogens is 1. The van der Waals surface area contributed by atoms with Gasteiger partial charge in [0.05, 0.1) is 17.2 Å². The van der Waals surface area contributed by atoms with E-state index in [1.807, 2.05) is 31.4 Å². The van der Waals surface area contributed by atoms with Gasteiger partial charge in [-0.25, -0.2) is 18.1 Å². The van der Waals surface area contributed by atoms with E-state index in [0.29, 0.717) is 25.4 Å². The summed E-state index contributed by atoms with van der Waals surface area (Å²) in [5.74, 6) is 0.650. The summed E-state index contributed by atoms with van der Waals surface area (Å²) in [5.41, 5.74) is 3.91. The maximum absolute atomic E-state index is 12.6. The van der Waals surface area contributed by atoms with Crippen LogP contribution >= 0.6 is 11.3 Å². The molecule has 6 nitrogen and oxygen atoms in total. The first kappa shape index (κ1) is 22.4. The van der Waals surface area contributed by atoms with Crippen molar-refractivity contribution in [2.45, 2.75) is 25.2 Å². The average Bonchev–Trinajstić information content (AvgIpc) is 3.18. The monoisotopic (exact) mass is 446 g/mol. The zero-order valence-electron chi connectivity index (χ0n) is 17.3. The lowest BCUT2D eigenvalue weighted by molar-refractivity contribution is 0.146. The lowest BCUT2D eigenvalue weighted by atomic mass is 10.2. The molecule has 1 aromatic heterocycles. The summed E-state index contributed by atoms with van der Waals surface area (Å²) < 4.78 is 38.4. The van der Waals surface area contributed by atoms with Crippen molar-refractivity contribution in [1.82, 2.24) is 9.71 Å². The van der Waals surface area contributed by atoms with Crippen molar-refractivity contribution in [2.75, 3.05) is 26.9 Å². The fourth-order valence-corrected chi connectivity index (χ4v) is 4.81. The molecular weight excluding hydrogens is 420 g/mol. The Morgan fingerprint density at radius 1 is 1.07 bits per heavy atom. The van der Waals surface area contributed by atoms with E-state index in [2.05, 4.69) is 21.8 Å². The predicted molar refractivity (Wildman–Crippen MR) is 120 cm³/mol. The molecule has 1 N–H and O–H groups in total. The fraction of sp³-hybridized carbons (Fsp3) is 0.318. The quantitative estimate of drug-likeness (QED) is 0.477. The number of benzene rings is 2. The van der Waals surface area contributed by atoms with E-state index in [1.165, 1.54) is 5.56 Å². The second-order valence-corrected chi connectivity index (χ2v) is 9.55. The maximum atomic E-state index is 12.6. The third kappa shape index (κ3) is 5.89. The van der Waals surface area contributed by atoms with Gasteiger partial charge in [0, 0.05) is 31.0 Å². The highest BCUT2D eigenvalue weighted by Crippen LogP contribution is 2.24. The molecule has 0 fully saturated rings. The van der Waals surface area contributed by atoms with E-state index in [0.717, 1.165) is 21.8 Å². The molecule has 0 amide bonds. The van der Waals surface area contributed by atoms with Gasteiger partial charge < -0.3 is 9.47 Å². The Morgan fingerprint density at radius 3 is 2.53 bits per heavy atom. The van der Waals surface area contributed by atoms with Gasteiger partial charge in [-0.2, -0.15) is 0 Å². The first-order valence-electron chi connectivity index (χ1n) is 9.62. The number of methoxy groups -OCH3 is 1. The number of aryl methyl sites for hydroxylation is 2. The zero-order chi connectivity index (χ0) is 21.6. The molecule has 0 aliphatic rings. The van der Waals surface area contributed by atoms with Crippen LogP contribution in [-0.4, -0.2) is 40.3 Å². The van der Waals surface area contributed by atoms with Crippen LogP contribution < -0.4 is 9.46 Å². The van der Waals surface area contributed by atoms with Gasteiger partial charge in [-0.1, -0.05) is 29.8 Å². The van der Waals surface area contributed by atoms with Crippen molar-refractivity contribution in [3.05, 3.63) is 64.7 Å². The van der Waals surface area contributed by atoms with Crippen LogP contribution in [0.25, 0.3) is 10.6 Å². The molecule has 0 spiro atoms. The van der Waals surface area contributed by atoms with Crippen LogP contribution in [0.4, 0.5) is 0 Å². The number of hydrogen-bond acceptors (Lipinski definition) is 6. The van der Waals surface area contributed by atoms with E-state index in [-0.39, 0.29) is 11.4 Å². The van der Waals surface area contributed by atoms with Crippen LogP contribution in [0.5, 0.6) is 5.75 Å². The van der Waals surface area contributed by atoms with Gasteiger partial charge in [0.25, 0.3) is 0 Å². The molecule has 1 heterocycles. The van der Waals surface area contributed by atoms with E-state index in [9.17, 15) is 8.42 Å². The molecule has 0 unspecified atom stereocenters. The van der Waals surface area contributed by atoms with Crippen molar-refractivity contribution in [2.24, 2.45) is 0 Å². The first-order valence-corrected chi connectivity index (χ1v) is 12.0. The summed E-state index contributed by atoms with van der Waals surface area (Å²) in [5, 5.41) is 2.91. The molecule has 30 heavy (non-hydrogen) atoms. The lowest BCUT2D eigenvalue weighted by Gasteiger charge is -2.11. The minimum atomic E-state index is -3.60. The molecule has 0 aliphatic carbocycles. The minimum absolute atomic E-state index is 0.220. The van der Waals surface area contributed by atoms with Gasteiger partial charge in [-0.15, -0.1) is 11.3 Å². The molecule has 8 heteroatoms. The summed E-state index contributed by atoms with van der Waals surface area (Å²) in [4.78, 5) is 4.84. The van der Waals surface area contributed by atoms with Gasteiger partial charge in [0.2, 0.25) is 10.0 Å².